The topological polar surface area (TPSA) is 458 Å². The number of Topliss-reactive ketones (excluding diaryl/α,β-unsaturated/α-hetero) is 4. The number of primary amides is 2. The molecule has 0 saturated heterocycles. The fourth-order valence-electron chi connectivity index (χ4n) is 11.2. The molecule has 2 aromatic rings. The number of aliphatic hydroxyl groups is 8. The van der Waals surface area contributed by atoms with E-state index in [4.69, 9.17) is 11.5 Å². The Hall–Kier alpha value is -6.54. The number of likely N-dealkylation sites (N-methyl/N-ethyl adjacent to an activating group) is 2. The molecular weight excluding hydrogens is 888 g/mol. The van der Waals surface area contributed by atoms with Crippen LogP contribution in [0.4, 0.5) is 0 Å². The number of carbonyl (C=O) groups excluding carboxylic acids is 6. The van der Waals surface area contributed by atoms with Crippen LogP contribution in [-0.2, 0) is 19.2 Å². The maximum absolute atomic E-state index is 13.3. The van der Waals surface area contributed by atoms with Crippen LogP contribution < -0.4 is 11.5 Å². The molecule has 23 heteroatoms. The maximum atomic E-state index is 13.3. The molecule has 0 bridgehead atoms. The number of ketones is 4. The van der Waals surface area contributed by atoms with Gasteiger partial charge in [-0.25, -0.2) is 0 Å². The molecule has 67 heavy (non-hydrogen) atoms. The first kappa shape index (κ1) is 53.1. The summed E-state index contributed by atoms with van der Waals surface area (Å²) >= 11 is 0. The minimum Gasteiger partial charge on any atom is -0.510 e. The molecule has 23 nitrogen and oxygen atoms in total. The molecule has 20 N–H and O–H groups in total. The predicted molar refractivity (Wildman–Crippen MR) is 230 cm³/mol. The number of benzene rings is 2. The minimum absolute atomic E-state index is 0. The van der Waals surface area contributed by atoms with Crippen molar-refractivity contribution in [3.05, 3.63) is 104 Å². The Bertz CT molecular complexity index is 2460. The first-order valence-corrected chi connectivity index (χ1v) is 20.0. The number of aromatic hydroxyl groups is 2. The number of nitrogens with two attached hydrogens (primary N) is 2. The van der Waals surface area contributed by atoms with Gasteiger partial charge in [-0.2, -0.15) is 0 Å². The Morgan fingerprint density at radius 2 is 0.866 bits per heavy atom. The van der Waals surface area contributed by atoms with Gasteiger partial charge in [0.1, 0.15) is 45.7 Å². The van der Waals surface area contributed by atoms with Crippen LogP contribution in [0.3, 0.4) is 0 Å². The van der Waals surface area contributed by atoms with Crippen molar-refractivity contribution in [1.29, 1.82) is 0 Å². The number of phenolic OH excluding ortho intramolecular Hbond substituents is 2. The van der Waals surface area contributed by atoms with E-state index in [0.29, 0.717) is 11.1 Å². The number of hydrogen-bond donors (Lipinski definition) is 12. The summed E-state index contributed by atoms with van der Waals surface area (Å²) in [5.41, 5.74) is 2.73. The minimum atomic E-state index is -2.89. The quantitative estimate of drug-likeness (QED) is 0.135. The highest BCUT2D eigenvalue weighted by Gasteiger charge is 2.69. The van der Waals surface area contributed by atoms with E-state index < -0.39 is 151 Å². The third-order valence-electron chi connectivity index (χ3n) is 14.0. The van der Waals surface area contributed by atoms with Crippen molar-refractivity contribution in [3.8, 4) is 11.5 Å². The number of nitrogens with zero attached hydrogens (tertiary/aromatic N) is 2. The zero-order valence-electron chi connectivity index (χ0n) is 36.7. The van der Waals surface area contributed by atoms with Gasteiger partial charge in [0, 0.05) is 23.0 Å². The van der Waals surface area contributed by atoms with Gasteiger partial charge in [-0.1, -0.05) is 38.1 Å². The molecule has 6 aliphatic carbocycles. The van der Waals surface area contributed by atoms with Gasteiger partial charge in [0.15, 0.2) is 22.8 Å². The summed E-state index contributed by atoms with van der Waals surface area (Å²) in [6.45, 7) is 3.35. The third kappa shape index (κ3) is 6.84. The highest BCUT2D eigenvalue weighted by atomic mass is 16.4. The van der Waals surface area contributed by atoms with E-state index in [1.165, 1.54) is 50.1 Å². The smallest absolute Gasteiger partial charge is 0.255 e. The fourth-order valence-corrected chi connectivity index (χ4v) is 11.2. The van der Waals surface area contributed by atoms with Gasteiger partial charge in [-0.05, 0) is 63.3 Å². The van der Waals surface area contributed by atoms with E-state index in [0.717, 1.165) is 0 Å². The van der Waals surface area contributed by atoms with E-state index in [-0.39, 0.29) is 39.1 Å². The number of amides is 2. The van der Waals surface area contributed by atoms with Gasteiger partial charge < -0.3 is 79.0 Å². The second-order valence-corrected chi connectivity index (χ2v) is 17.6. The Morgan fingerprint density at radius 1 is 0.567 bits per heavy atom. The molecular formula is C44H54N4O19. The predicted octanol–water partition coefficient (Wildman–Crippen LogP) is -3.17. The van der Waals surface area contributed by atoms with Gasteiger partial charge in [0.25, 0.3) is 11.8 Å². The highest BCUT2D eigenvalue weighted by molar-refractivity contribution is 6.26. The van der Waals surface area contributed by atoms with Crippen LogP contribution in [0.25, 0.3) is 0 Å². The molecule has 0 heterocycles. The zero-order chi connectivity index (χ0) is 47.7. The summed E-state index contributed by atoms with van der Waals surface area (Å²) < 4.78 is 0. The number of phenols is 2. The van der Waals surface area contributed by atoms with Crippen molar-refractivity contribution in [2.75, 3.05) is 28.2 Å². The van der Waals surface area contributed by atoms with E-state index in [1.807, 2.05) is 0 Å². The monoisotopic (exact) mass is 942 g/mol. The second kappa shape index (κ2) is 17.6. The lowest BCUT2D eigenvalue weighted by atomic mass is 9.55. The number of aliphatic hydroxyl groups excluding tert-OH is 6. The zero-order valence-corrected chi connectivity index (χ0v) is 36.7. The SMILES string of the molecule is C[C@H]1c2cccc(O)c2C(=O)C2=C(O)[C@]3(O)C(=O)C(C(N)=O)=C(O)[C@@H](N(C)C)[C@@H]3[C@@H](O)[C@@H]21.C[C@H]1c2cccc(O)c2C(=O)C2=C(O)[C@]3(O)C(=O)C(C(N)=O)=C(O)[C@@H](N(C)C)[C@@H]3[C@@H](O)[C@@H]21.O.O.O. The summed E-state index contributed by atoms with van der Waals surface area (Å²) in [5.74, 6) is -17.7. The van der Waals surface area contributed by atoms with Crippen molar-refractivity contribution in [2.45, 2.75) is 61.2 Å². The highest BCUT2D eigenvalue weighted by Crippen LogP contribution is 2.57. The Kier molecular flexibility index (Phi) is 13.9. The van der Waals surface area contributed by atoms with Crippen LogP contribution in [0, 0.1) is 23.7 Å². The number of carbonyl (C=O) groups is 6. The molecule has 2 aromatic carbocycles. The van der Waals surface area contributed by atoms with Gasteiger partial charge in [-0.15, -0.1) is 0 Å². The van der Waals surface area contributed by atoms with Crippen LogP contribution in [0.1, 0.15) is 57.5 Å². The van der Waals surface area contributed by atoms with Crippen LogP contribution in [0.15, 0.2) is 81.7 Å². The summed E-state index contributed by atoms with van der Waals surface area (Å²) in [4.78, 5) is 79.6. The van der Waals surface area contributed by atoms with Crippen molar-refractivity contribution < 1.29 is 96.3 Å². The lowest BCUT2D eigenvalue weighted by molar-refractivity contribution is -0.162. The van der Waals surface area contributed by atoms with Crippen molar-refractivity contribution in [2.24, 2.45) is 35.1 Å². The Balaban J connectivity index is 0.000000280. The maximum Gasteiger partial charge on any atom is 0.255 e. The first-order chi connectivity index (χ1) is 29.7. The number of hydrogen-bond acceptors (Lipinski definition) is 18. The molecule has 0 aromatic heterocycles. The van der Waals surface area contributed by atoms with E-state index in [2.05, 4.69) is 0 Å². The molecule has 0 fully saturated rings. The summed E-state index contributed by atoms with van der Waals surface area (Å²) in [7, 11) is 5.95. The molecule has 2 amide bonds. The van der Waals surface area contributed by atoms with Gasteiger partial charge >= 0.3 is 0 Å². The summed E-state index contributed by atoms with van der Waals surface area (Å²) in [5, 5.41) is 110. The van der Waals surface area contributed by atoms with Crippen LogP contribution in [-0.4, -0.2) is 176 Å². The first-order valence-electron chi connectivity index (χ1n) is 20.0. The van der Waals surface area contributed by atoms with Gasteiger partial charge in [0.2, 0.25) is 11.6 Å². The van der Waals surface area contributed by atoms with E-state index in [9.17, 15) is 79.8 Å². The molecule has 6 aliphatic rings. The van der Waals surface area contributed by atoms with Crippen LogP contribution >= 0.6 is 0 Å². The number of fused-ring (bicyclic) bond motifs is 6. The summed E-state index contributed by atoms with van der Waals surface area (Å²) in [6, 6.07) is 6.33. The molecule has 364 valence electrons. The molecule has 0 aliphatic heterocycles. The second-order valence-electron chi connectivity index (χ2n) is 17.6. The van der Waals surface area contributed by atoms with E-state index in [1.54, 1.807) is 38.1 Å². The molecule has 0 unspecified atom stereocenters. The number of rotatable bonds is 4. The third-order valence-corrected chi connectivity index (χ3v) is 14.0. The van der Waals surface area contributed by atoms with Crippen molar-refractivity contribution in [3.63, 3.8) is 0 Å². The molecule has 8 rings (SSSR count). The molecule has 0 spiro atoms. The molecule has 0 saturated carbocycles. The van der Waals surface area contributed by atoms with Gasteiger partial charge in [0.05, 0.1) is 47.3 Å². The fraction of sp³-hybridized carbons (Fsp3) is 0.409. The average molecular weight is 943 g/mol. The van der Waals surface area contributed by atoms with Crippen LogP contribution in [0.5, 0.6) is 11.5 Å². The van der Waals surface area contributed by atoms with Crippen molar-refractivity contribution >= 4 is 34.9 Å². The largest absolute Gasteiger partial charge is 0.510 e. The lowest BCUT2D eigenvalue weighted by Crippen LogP contribution is -2.68. The summed E-state index contributed by atoms with van der Waals surface area (Å²) in [6.07, 6.45) is -3.18. The standard InChI is InChI=1S/2C22H24N2O8.3H2O/c2*1-7-8-5-4-6-9(25)11(8)16(26)12-10(7)17(27)14-15(24(2)3)18(28)13(21(23)31)20(30)22(14,32)19(12)29;;;/h2*4-7,10,14-15,17,25,27-29,32H,1-3H3,(H2,23,31);3*1H2/t2*7-,10+,14+,15-,17-,22-;;;/m00.../s1. The average Bonchev–Trinajstić information content (AvgIpc) is 3.20. The van der Waals surface area contributed by atoms with Crippen molar-refractivity contribution in [1.82, 2.24) is 9.80 Å². The lowest BCUT2D eigenvalue weighted by Gasteiger charge is -2.53. The Morgan fingerprint density at radius 3 is 1.13 bits per heavy atom. The normalized spacial score (nSPS) is 32.8. The van der Waals surface area contributed by atoms with Crippen LogP contribution in [0.2, 0.25) is 0 Å². The van der Waals surface area contributed by atoms with Gasteiger partial charge in [-0.3, -0.25) is 38.6 Å². The molecule has 12 atom stereocenters. The molecule has 0 radical (unpaired) electrons. The van der Waals surface area contributed by atoms with E-state index >= 15 is 0 Å². The Labute approximate surface area is 380 Å².